The topological polar surface area (TPSA) is 48.8 Å². The Kier molecular flexibility index (Phi) is 8.66. The number of rotatable bonds is 7. The van der Waals surface area contributed by atoms with E-state index in [1.165, 1.54) is 10.8 Å². The quantitative estimate of drug-likeness (QED) is 0.538. The van der Waals surface area contributed by atoms with Crippen molar-refractivity contribution in [2.45, 2.75) is 25.0 Å². The van der Waals surface area contributed by atoms with Crippen LogP contribution >= 0.6 is 11.3 Å². The third-order valence-electron chi connectivity index (χ3n) is 5.49. The number of benzene rings is 2. The van der Waals surface area contributed by atoms with Gasteiger partial charge in [-0.3, -0.25) is 0 Å². The van der Waals surface area contributed by atoms with E-state index < -0.39 is 17.7 Å². The zero-order valence-electron chi connectivity index (χ0n) is 18.8. The number of nitrogens with zero attached hydrogens (tertiary/aromatic N) is 3. The van der Waals surface area contributed by atoms with Crippen LogP contribution < -0.4 is 39.2 Å². The summed E-state index contributed by atoms with van der Waals surface area (Å²) in [5.74, 6) is -1.66. The van der Waals surface area contributed by atoms with Gasteiger partial charge >= 0.3 is 29.6 Å². The van der Waals surface area contributed by atoms with Crippen LogP contribution in [0.15, 0.2) is 42.5 Å². The first kappa shape index (κ1) is 24.4. The van der Waals surface area contributed by atoms with E-state index in [1.54, 1.807) is 11.3 Å². The number of ether oxygens (including phenoxy) is 1. The van der Waals surface area contributed by atoms with Crippen LogP contribution in [0, 0.1) is 11.6 Å². The van der Waals surface area contributed by atoms with Crippen molar-refractivity contribution >= 4 is 26.7 Å². The van der Waals surface area contributed by atoms with E-state index >= 15 is 0 Å². The van der Waals surface area contributed by atoms with Crippen LogP contribution in [0.5, 0.6) is 5.75 Å². The maximum Gasteiger partial charge on any atom is 1.00 e. The monoisotopic (exact) mass is 457 g/mol. The molecule has 2 heterocycles. The van der Waals surface area contributed by atoms with Crippen molar-refractivity contribution in [1.82, 2.24) is 9.88 Å². The van der Waals surface area contributed by atoms with Crippen LogP contribution in [0.3, 0.4) is 0 Å². The second kappa shape index (κ2) is 11.0. The smallest absolute Gasteiger partial charge is 1.00 e. The molecule has 1 atom stereocenters. The van der Waals surface area contributed by atoms with Crippen LogP contribution in [-0.2, 0) is 0 Å². The number of hydrogen-bond donors (Lipinski definition) is 1. The number of hydrogen-bond acceptors (Lipinski definition) is 6. The van der Waals surface area contributed by atoms with Gasteiger partial charge in [-0.1, -0.05) is 23.5 Å². The van der Waals surface area contributed by atoms with Gasteiger partial charge in [0, 0.05) is 38.8 Å². The molecule has 3 aromatic rings. The summed E-state index contributed by atoms with van der Waals surface area (Å²) in [5, 5.41) is 11.3. The molecule has 0 bridgehead atoms. The number of halogens is 2. The molecule has 31 heavy (non-hydrogen) atoms. The molecule has 0 spiro atoms. The molecule has 162 valence electrons. The molecule has 1 fully saturated rings. The predicted octanol–water partition coefficient (Wildman–Crippen LogP) is 1.03. The molecule has 1 aromatic heterocycles. The van der Waals surface area contributed by atoms with Crippen molar-refractivity contribution in [1.29, 1.82) is 0 Å². The first-order chi connectivity index (χ1) is 14.5. The number of aliphatic hydroxyl groups is 1. The molecule has 1 aliphatic rings. The Morgan fingerprint density at radius 3 is 2.68 bits per heavy atom. The summed E-state index contributed by atoms with van der Waals surface area (Å²) >= 11 is 1.71. The fourth-order valence-electron chi connectivity index (χ4n) is 3.77. The number of anilines is 1. The van der Waals surface area contributed by atoms with Crippen molar-refractivity contribution in [2.75, 3.05) is 38.2 Å². The molecule has 1 aliphatic heterocycles. The number of β-amino-alcohol motifs (C(OH)–C–C–N with tert-alkyl or cyclic N) is 1. The largest absolute Gasteiger partial charge is 1.00 e. The van der Waals surface area contributed by atoms with E-state index in [1.807, 2.05) is 18.2 Å². The van der Waals surface area contributed by atoms with E-state index in [0.717, 1.165) is 48.7 Å². The SMILES string of the molecule is CN(c1nc2ccccc2s1)C1CCN(C[C@H](O)COc2ccc(F)c(F)c2)CC1.[H-].[Na+]. The van der Waals surface area contributed by atoms with Gasteiger partial charge in [-0.15, -0.1) is 0 Å². The Labute approximate surface area is 208 Å². The van der Waals surface area contributed by atoms with Crippen molar-refractivity contribution in [3.8, 4) is 5.75 Å². The maximum absolute atomic E-state index is 13.2. The zero-order valence-corrected chi connectivity index (χ0v) is 20.6. The molecule has 0 amide bonds. The van der Waals surface area contributed by atoms with E-state index in [4.69, 9.17) is 9.72 Å². The molecule has 9 heteroatoms. The second-order valence-electron chi connectivity index (χ2n) is 7.65. The van der Waals surface area contributed by atoms with Crippen molar-refractivity contribution in [3.63, 3.8) is 0 Å². The summed E-state index contributed by atoms with van der Waals surface area (Å²) in [6.45, 7) is 2.28. The Bertz CT molecular complexity index is 971. The first-order valence-electron chi connectivity index (χ1n) is 10.1. The summed E-state index contributed by atoms with van der Waals surface area (Å²) in [6, 6.07) is 11.9. The molecule has 0 aliphatic carbocycles. The Balaban J connectivity index is 0.00000181. The maximum atomic E-state index is 13.2. The van der Waals surface area contributed by atoms with Crippen molar-refractivity contribution in [2.24, 2.45) is 0 Å². The molecule has 1 N–H and O–H groups in total. The molecule has 0 saturated carbocycles. The van der Waals surface area contributed by atoms with E-state index in [-0.39, 0.29) is 43.3 Å². The molecule has 1 saturated heterocycles. The van der Waals surface area contributed by atoms with Crippen LogP contribution in [0.25, 0.3) is 10.2 Å². The number of piperidine rings is 1. The van der Waals surface area contributed by atoms with Crippen LogP contribution in [-0.4, -0.2) is 60.4 Å². The standard InChI is InChI=1S/C22H25F2N3O2S.Na.H/c1-26(22-25-20-4-2-3-5-21(20)30-22)15-8-10-27(11-9-15)13-16(28)14-29-17-6-7-18(23)19(24)12-17;;/h2-7,12,15-16,28H,8-11,13-14H2,1H3;;/q;+1;-1/t16-;;/m0../s1. The van der Waals surface area contributed by atoms with Crippen molar-refractivity contribution in [3.05, 3.63) is 54.1 Å². The average molecular weight is 458 g/mol. The third kappa shape index (κ3) is 6.15. The van der Waals surface area contributed by atoms with E-state index in [0.29, 0.717) is 12.6 Å². The number of aromatic nitrogens is 1. The number of likely N-dealkylation sites (tertiary alicyclic amines) is 1. The number of thiazole rings is 1. The summed E-state index contributed by atoms with van der Waals surface area (Å²) in [6.07, 6.45) is 1.28. The fraction of sp³-hybridized carbons (Fsp3) is 0.409. The van der Waals surface area contributed by atoms with Gasteiger partial charge in [0.05, 0.1) is 10.2 Å². The summed E-state index contributed by atoms with van der Waals surface area (Å²) < 4.78 is 32.8. The number of aliphatic hydroxyl groups excluding tert-OH is 1. The van der Waals surface area contributed by atoms with E-state index in [2.05, 4.69) is 22.9 Å². The van der Waals surface area contributed by atoms with Crippen LogP contribution in [0.1, 0.15) is 14.3 Å². The second-order valence-corrected chi connectivity index (χ2v) is 8.66. The Morgan fingerprint density at radius 1 is 1.23 bits per heavy atom. The molecule has 5 nitrogen and oxygen atoms in total. The van der Waals surface area contributed by atoms with Crippen LogP contribution in [0.4, 0.5) is 13.9 Å². The van der Waals surface area contributed by atoms with Crippen molar-refractivity contribution < 1.29 is 49.6 Å². The molecule has 0 radical (unpaired) electrons. The average Bonchev–Trinajstić information content (AvgIpc) is 3.19. The molecule has 0 unspecified atom stereocenters. The van der Waals surface area contributed by atoms with Gasteiger partial charge in [-0.25, -0.2) is 13.8 Å². The summed E-state index contributed by atoms with van der Waals surface area (Å²) in [5.41, 5.74) is 1.03. The minimum Gasteiger partial charge on any atom is -1.00 e. The Morgan fingerprint density at radius 2 is 1.97 bits per heavy atom. The van der Waals surface area contributed by atoms with Gasteiger partial charge in [-0.05, 0) is 37.1 Å². The first-order valence-corrected chi connectivity index (χ1v) is 10.9. The zero-order chi connectivity index (χ0) is 21.1. The fourth-order valence-corrected chi connectivity index (χ4v) is 4.76. The summed E-state index contributed by atoms with van der Waals surface area (Å²) in [7, 11) is 2.10. The van der Waals surface area contributed by atoms with Gasteiger partial charge < -0.3 is 21.1 Å². The third-order valence-corrected chi connectivity index (χ3v) is 6.62. The van der Waals surface area contributed by atoms with Gasteiger partial charge in [0.15, 0.2) is 16.8 Å². The minimum absolute atomic E-state index is 0. The van der Waals surface area contributed by atoms with Gasteiger partial charge in [0.1, 0.15) is 18.5 Å². The molecule has 2 aromatic carbocycles. The van der Waals surface area contributed by atoms with Crippen LogP contribution in [0.2, 0.25) is 0 Å². The summed E-state index contributed by atoms with van der Waals surface area (Å²) in [4.78, 5) is 9.22. The molecular weight excluding hydrogens is 431 g/mol. The normalized spacial score (nSPS) is 16.1. The Hall–Kier alpha value is -1.29. The van der Waals surface area contributed by atoms with Gasteiger partial charge in [-0.2, -0.15) is 0 Å². The molecule has 4 rings (SSSR count). The van der Waals surface area contributed by atoms with Gasteiger partial charge in [0.2, 0.25) is 0 Å². The van der Waals surface area contributed by atoms with Gasteiger partial charge in [0.25, 0.3) is 0 Å². The predicted molar refractivity (Wildman–Crippen MR) is 116 cm³/mol. The van der Waals surface area contributed by atoms with E-state index in [9.17, 15) is 13.9 Å². The number of para-hydroxylation sites is 1. The minimum atomic E-state index is -0.957. The number of fused-ring (bicyclic) bond motifs is 1. The molecular formula is C22H26F2N3NaO2S.